The van der Waals surface area contributed by atoms with Crippen LogP contribution < -0.4 is 27.0 Å². The Morgan fingerprint density at radius 3 is 2.08 bits per heavy atom. The maximum atomic E-state index is 13.4. The van der Waals surface area contributed by atoms with Crippen molar-refractivity contribution in [3.8, 4) is 0 Å². The van der Waals surface area contributed by atoms with E-state index in [1.807, 2.05) is 27.7 Å². The molecule has 11 heteroatoms. The zero-order valence-corrected chi connectivity index (χ0v) is 21.8. The fourth-order valence-corrected chi connectivity index (χ4v) is 5.44. The smallest absolute Gasteiger partial charge is 0.246 e. The molecule has 0 spiro atoms. The van der Waals surface area contributed by atoms with Crippen LogP contribution in [0, 0.1) is 11.8 Å². The molecule has 3 rings (SSSR count). The molecule has 3 saturated heterocycles. The third kappa shape index (κ3) is 6.35. The van der Waals surface area contributed by atoms with E-state index in [2.05, 4.69) is 21.3 Å². The van der Waals surface area contributed by atoms with Crippen LogP contribution in [-0.2, 0) is 24.0 Å². The molecule has 3 aliphatic heterocycles. The number of nitrogens with one attached hydrogen (secondary N) is 4. The molecule has 0 aromatic heterocycles. The van der Waals surface area contributed by atoms with Gasteiger partial charge in [0.15, 0.2) is 0 Å². The van der Waals surface area contributed by atoms with Crippen LogP contribution in [0.15, 0.2) is 0 Å². The summed E-state index contributed by atoms with van der Waals surface area (Å²) in [5, 5.41) is 11.2. The summed E-state index contributed by atoms with van der Waals surface area (Å²) in [5.41, 5.74) is 5.66. The van der Waals surface area contributed by atoms with Crippen LogP contribution in [0.3, 0.4) is 0 Å². The van der Waals surface area contributed by atoms with Crippen LogP contribution in [0.4, 0.5) is 0 Å². The second-order valence-corrected chi connectivity index (χ2v) is 11.0. The molecule has 6 N–H and O–H groups in total. The van der Waals surface area contributed by atoms with Crippen molar-refractivity contribution in [2.24, 2.45) is 17.6 Å². The molecule has 0 aromatic rings. The first-order valence-electron chi connectivity index (χ1n) is 13.3. The molecule has 2 bridgehead atoms. The van der Waals surface area contributed by atoms with E-state index in [1.165, 1.54) is 0 Å². The number of carbonyl (C=O) groups excluding carboxylic acids is 5. The van der Waals surface area contributed by atoms with Crippen LogP contribution in [0.5, 0.6) is 0 Å². The van der Waals surface area contributed by atoms with Crippen molar-refractivity contribution >= 4 is 29.5 Å². The molecule has 6 atom stereocenters. The third-order valence-electron chi connectivity index (χ3n) is 7.38. The van der Waals surface area contributed by atoms with E-state index in [-0.39, 0.29) is 29.7 Å². The Balaban J connectivity index is 1.97. The fraction of sp³-hybridized carbons (Fsp3) is 0.800. The Hall–Kier alpha value is -2.69. The highest BCUT2D eigenvalue weighted by atomic mass is 16.2. The van der Waals surface area contributed by atoms with Gasteiger partial charge in [-0.05, 0) is 63.3 Å². The minimum absolute atomic E-state index is 0.0600. The molecule has 3 fully saturated rings. The SMILES string of the molecule is CC(C)C[C@@H]1NC(=O)[C@H](CCCN)NC(=O)[C@H](C(C)C)NC(=O)[C@@H]2CC[C@H]3CC[C@H](NC1=O)C(=O)N32. The zero-order chi connectivity index (χ0) is 26.6. The van der Waals surface area contributed by atoms with Gasteiger partial charge in [0.25, 0.3) is 0 Å². The minimum Gasteiger partial charge on any atom is -0.343 e. The Morgan fingerprint density at radius 2 is 1.44 bits per heavy atom. The van der Waals surface area contributed by atoms with Gasteiger partial charge in [-0.15, -0.1) is 0 Å². The summed E-state index contributed by atoms with van der Waals surface area (Å²) in [6.45, 7) is 7.85. The standard InChI is InChI=1S/C25H42N6O5/c1-13(2)12-18-22(33)28-17-9-7-15-8-10-19(31(15)25(17)36)23(34)30-20(14(3)4)24(35)27-16(6-5-11-26)21(32)29-18/h13-20H,5-12,26H2,1-4H3,(H,27,35)(H,28,33)(H,29,32)(H,30,34)/t15-,16+,17+,18+,19+,20+/m1/s1. The number of rotatable bonds is 6. The quantitative estimate of drug-likeness (QED) is 0.327. The lowest BCUT2D eigenvalue weighted by atomic mass is 9.96. The Bertz CT molecular complexity index is 862. The van der Waals surface area contributed by atoms with Crippen LogP contribution in [0.25, 0.3) is 0 Å². The number of nitrogens with two attached hydrogens (primary N) is 1. The van der Waals surface area contributed by atoms with Gasteiger partial charge in [0, 0.05) is 6.04 Å². The van der Waals surface area contributed by atoms with Crippen molar-refractivity contribution in [3.63, 3.8) is 0 Å². The predicted molar refractivity (Wildman–Crippen MR) is 133 cm³/mol. The summed E-state index contributed by atoms with van der Waals surface area (Å²) in [6.07, 6.45) is 3.53. The maximum absolute atomic E-state index is 13.4. The van der Waals surface area contributed by atoms with Crippen LogP contribution in [0.1, 0.15) is 72.6 Å². The molecule has 5 amide bonds. The molecule has 0 radical (unpaired) electrons. The predicted octanol–water partition coefficient (Wildman–Crippen LogP) is -0.466. The van der Waals surface area contributed by atoms with Gasteiger partial charge in [0.2, 0.25) is 29.5 Å². The summed E-state index contributed by atoms with van der Waals surface area (Å²) in [7, 11) is 0. The lowest BCUT2D eigenvalue weighted by Gasteiger charge is -2.38. The van der Waals surface area contributed by atoms with Crippen molar-refractivity contribution in [2.75, 3.05) is 6.54 Å². The Labute approximate surface area is 213 Å². The van der Waals surface area contributed by atoms with E-state index >= 15 is 0 Å². The minimum atomic E-state index is -0.910. The molecule has 0 aromatic carbocycles. The van der Waals surface area contributed by atoms with Gasteiger partial charge in [-0.25, -0.2) is 0 Å². The lowest BCUT2D eigenvalue weighted by molar-refractivity contribution is -0.147. The number of carbonyl (C=O) groups is 5. The molecule has 0 unspecified atom stereocenters. The summed E-state index contributed by atoms with van der Waals surface area (Å²) in [6, 6.07) is -4.16. The number of hydrogen-bond donors (Lipinski definition) is 5. The molecule has 36 heavy (non-hydrogen) atoms. The number of hydrogen-bond acceptors (Lipinski definition) is 6. The summed E-state index contributed by atoms with van der Waals surface area (Å²) in [4.78, 5) is 68.1. The molecule has 0 saturated carbocycles. The van der Waals surface area contributed by atoms with E-state index in [4.69, 9.17) is 5.73 Å². The van der Waals surface area contributed by atoms with Crippen molar-refractivity contribution in [1.29, 1.82) is 0 Å². The lowest BCUT2D eigenvalue weighted by Crippen LogP contribution is -2.61. The van der Waals surface area contributed by atoms with Gasteiger partial charge in [-0.3, -0.25) is 24.0 Å². The topological polar surface area (TPSA) is 163 Å². The monoisotopic (exact) mass is 506 g/mol. The molecular weight excluding hydrogens is 464 g/mol. The second kappa shape index (κ2) is 12.0. The van der Waals surface area contributed by atoms with Crippen molar-refractivity contribution in [2.45, 2.75) is 109 Å². The number of fused-ring (bicyclic) bond motifs is 1. The highest BCUT2D eigenvalue weighted by molar-refractivity contribution is 5.98. The summed E-state index contributed by atoms with van der Waals surface area (Å²) >= 11 is 0. The molecular formula is C25H42N6O5. The number of nitrogens with zero attached hydrogens (tertiary/aromatic N) is 1. The van der Waals surface area contributed by atoms with E-state index in [9.17, 15) is 24.0 Å². The maximum Gasteiger partial charge on any atom is 0.246 e. The van der Waals surface area contributed by atoms with E-state index < -0.39 is 47.9 Å². The van der Waals surface area contributed by atoms with Crippen LogP contribution in [0.2, 0.25) is 0 Å². The van der Waals surface area contributed by atoms with Gasteiger partial charge in [0.1, 0.15) is 30.2 Å². The van der Waals surface area contributed by atoms with Gasteiger partial charge >= 0.3 is 0 Å². The van der Waals surface area contributed by atoms with E-state index in [0.29, 0.717) is 51.5 Å². The molecule has 3 heterocycles. The number of piperidine rings is 1. The number of amides is 5. The second-order valence-electron chi connectivity index (χ2n) is 11.0. The van der Waals surface area contributed by atoms with E-state index in [0.717, 1.165) is 0 Å². The molecule has 202 valence electrons. The van der Waals surface area contributed by atoms with Gasteiger partial charge < -0.3 is 31.9 Å². The third-order valence-corrected chi connectivity index (χ3v) is 7.38. The first-order chi connectivity index (χ1) is 17.0. The first-order valence-corrected chi connectivity index (χ1v) is 13.3. The van der Waals surface area contributed by atoms with Crippen molar-refractivity contribution < 1.29 is 24.0 Å². The van der Waals surface area contributed by atoms with Crippen molar-refractivity contribution in [1.82, 2.24) is 26.2 Å². The molecule has 0 aliphatic carbocycles. The average Bonchev–Trinajstić information content (AvgIpc) is 3.25. The van der Waals surface area contributed by atoms with Crippen LogP contribution >= 0.6 is 0 Å². The largest absolute Gasteiger partial charge is 0.343 e. The van der Waals surface area contributed by atoms with Crippen molar-refractivity contribution in [3.05, 3.63) is 0 Å². The molecule has 11 nitrogen and oxygen atoms in total. The zero-order valence-electron chi connectivity index (χ0n) is 21.8. The van der Waals surface area contributed by atoms with Gasteiger partial charge in [-0.1, -0.05) is 27.7 Å². The Morgan fingerprint density at radius 1 is 0.806 bits per heavy atom. The summed E-state index contributed by atoms with van der Waals surface area (Å²) < 4.78 is 0. The highest BCUT2D eigenvalue weighted by Gasteiger charge is 2.47. The molecule has 3 aliphatic rings. The van der Waals surface area contributed by atoms with E-state index in [1.54, 1.807) is 4.90 Å². The first kappa shape index (κ1) is 27.9. The highest BCUT2D eigenvalue weighted by Crippen LogP contribution is 2.33. The fourth-order valence-electron chi connectivity index (χ4n) is 5.44. The normalized spacial score (nSPS) is 32.0. The summed E-state index contributed by atoms with van der Waals surface area (Å²) in [5.74, 6) is -2.23. The van der Waals surface area contributed by atoms with Gasteiger partial charge in [-0.2, -0.15) is 0 Å². The van der Waals surface area contributed by atoms with Crippen LogP contribution in [-0.4, -0.2) is 77.2 Å². The average molecular weight is 507 g/mol. The Kier molecular flexibility index (Phi) is 9.32. The van der Waals surface area contributed by atoms with Gasteiger partial charge in [0.05, 0.1) is 0 Å².